The largest absolute Gasteiger partial charge is 0.482 e. The number of ether oxygens (including phenoxy) is 1. The summed E-state index contributed by atoms with van der Waals surface area (Å²) in [5, 5.41) is 9.72. The van der Waals surface area contributed by atoms with E-state index in [1.54, 1.807) is 38.1 Å². The van der Waals surface area contributed by atoms with E-state index in [0.717, 1.165) is 0 Å². The Balaban J connectivity index is 2.19. The number of rotatable bonds is 4. The Morgan fingerprint density at radius 2 is 2.00 bits per heavy atom. The molecule has 0 spiro atoms. The molecule has 8 heteroatoms. The molecule has 0 aromatic heterocycles. The van der Waals surface area contributed by atoms with Gasteiger partial charge in [-0.1, -0.05) is 29.8 Å². The molecule has 0 saturated heterocycles. The second kappa shape index (κ2) is 7.31. The third-order valence-electron chi connectivity index (χ3n) is 4.26. The quantitative estimate of drug-likeness (QED) is 0.760. The second-order valence-electron chi connectivity index (χ2n) is 6.53. The third kappa shape index (κ3) is 3.83. The lowest BCUT2D eigenvalue weighted by Gasteiger charge is -2.34. The first-order valence-corrected chi connectivity index (χ1v) is 9.59. The molecule has 1 aliphatic heterocycles. The summed E-state index contributed by atoms with van der Waals surface area (Å²) in [6.07, 6.45) is 0. The average molecular weight is 407 g/mol. The van der Waals surface area contributed by atoms with Crippen LogP contribution in [0.1, 0.15) is 30.5 Å². The van der Waals surface area contributed by atoms with E-state index in [4.69, 9.17) is 16.3 Å². The smallest absolute Gasteiger partial charge is 0.201 e. The first kappa shape index (κ1) is 19.4. The van der Waals surface area contributed by atoms with Gasteiger partial charge in [-0.3, -0.25) is 0 Å². The molecule has 0 atom stereocenters. The van der Waals surface area contributed by atoms with Crippen LogP contribution in [0.5, 0.6) is 5.75 Å². The maximum absolute atomic E-state index is 14.0. The second-order valence-corrected chi connectivity index (χ2v) is 7.76. The van der Waals surface area contributed by atoms with Gasteiger partial charge in [-0.15, -0.1) is 0 Å². The monoisotopic (exact) mass is 406 g/mol. The highest BCUT2D eigenvalue weighted by atomic mass is 35.5. The molecule has 2 aromatic rings. The number of nitrogens with zero attached hydrogens (tertiary/aromatic N) is 1. The Morgan fingerprint density at radius 1 is 1.26 bits per heavy atom. The zero-order chi connectivity index (χ0) is 19.8. The van der Waals surface area contributed by atoms with Crippen molar-refractivity contribution in [3.63, 3.8) is 0 Å². The number of fused-ring (bicyclic) bond motifs is 1. The molecule has 0 aliphatic carbocycles. The SMILES string of the molecule is CC1(C)Oc2cc(CN[SH](=O)=O)ccc2C(c2ccc(Cl)c(F)c2)=C1C#N. The van der Waals surface area contributed by atoms with Crippen LogP contribution in [0, 0.1) is 17.1 Å². The van der Waals surface area contributed by atoms with Crippen molar-refractivity contribution in [2.24, 2.45) is 0 Å². The van der Waals surface area contributed by atoms with Crippen molar-refractivity contribution < 1.29 is 17.5 Å². The molecule has 1 aliphatic rings. The normalized spacial score (nSPS) is 15.3. The summed E-state index contributed by atoms with van der Waals surface area (Å²) >= 11 is 5.79. The summed E-state index contributed by atoms with van der Waals surface area (Å²) < 4.78 is 43.9. The minimum absolute atomic E-state index is 0.00227. The molecule has 0 unspecified atom stereocenters. The topological polar surface area (TPSA) is 79.2 Å². The number of benzene rings is 2. The van der Waals surface area contributed by atoms with E-state index >= 15 is 0 Å². The van der Waals surface area contributed by atoms with Crippen LogP contribution in [0.3, 0.4) is 0 Å². The van der Waals surface area contributed by atoms with Gasteiger partial charge >= 0.3 is 0 Å². The number of nitrogens with one attached hydrogen (secondary N) is 1. The molecule has 0 radical (unpaired) electrons. The number of halogens is 2. The fourth-order valence-electron chi connectivity index (χ4n) is 3.03. The van der Waals surface area contributed by atoms with Crippen molar-refractivity contribution in [2.75, 3.05) is 0 Å². The Kier molecular flexibility index (Phi) is 5.24. The average Bonchev–Trinajstić information content (AvgIpc) is 2.60. The molecule has 5 nitrogen and oxygen atoms in total. The van der Waals surface area contributed by atoms with Gasteiger partial charge in [-0.25, -0.2) is 17.5 Å². The molecule has 140 valence electrons. The van der Waals surface area contributed by atoms with Gasteiger partial charge in [0.2, 0.25) is 10.9 Å². The van der Waals surface area contributed by atoms with Gasteiger partial charge in [0.1, 0.15) is 17.2 Å². The van der Waals surface area contributed by atoms with Crippen LogP contribution in [0.25, 0.3) is 5.57 Å². The zero-order valence-corrected chi connectivity index (χ0v) is 16.2. The molecule has 0 fully saturated rings. The van der Waals surface area contributed by atoms with Crippen LogP contribution in [-0.4, -0.2) is 14.0 Å². The van der Waals surface area contributed by atoms with E-state index in [9.17, 15) is 18.1 Å². The minimum atomic E-state index is -2.71. The predicted octanol–water partition coefficient (Wildman–Crippen LogP) is 3.59. The summed E-state index contributed by atoms with van der Waals surface area (Å²) in [6, 6.07) is 11.7. The van der Waals surface area contributed by atoms with Crippen LogP contribution in [0.15, 0.2) is 42.0 Å². The molecular formula is C19H16ClFN2O3S. The van der Waals surface area contributed by atoms with E-state index < -0.39 is 22.3 Å². The van der Waals surface area contributed by atoms with Gasteiger partial charge in [0.05, 0.1) is 16.7 Å². The van der Waals surface area contributed by atoms with Crippen LogP contribution in [0.4, 0.5) is 4.39 Å². The van der Waals surface area contributed by atoms with Gasteiger partial charge in [-0.2, -0.15) is 5.26 Å². The minimum Gasteiger partial charge on any atom is -0.482 e. The molecule has 27 heavy (non-hydrogen) atoms. The van der Waals surface area contributed by atoms with Crippen molar-refractivity contribution in [3.05, 3.63) is 69.5 Å². The lowest BCUT2D eigenvalue weighted by molar-refractivity contribution is 0.149. The molecule has 3 rings (SSSR count). The van der Waals surface area contributed by atoms with Crippen molar-refractivity contribution in [1.29, 1.82) is 5.26 Å². The standard InChI is InChI=1S/C19H16ClFN2O3S/c1-19(2)14(9-22)18(12-4-6-15(20)16(21)8-12)13-5-3-11(7-17(13)26-19)10-23-27(24)25/h3-8,27H,10H2,1-2H3,(H,23,24,25). The van der Waals surface area contributed by atoms with E-state index in [-0.39, 0.29) is 11.6 Å². The fraction of sp³-hybridized carbons (Fsp3) is 0.211. The van der Waals surface area contributed by atoms with Crippen molar-refractivity contribution >= 4 is 28.1 Å². The number of nitriles is 1. The summed E-state index contributed by atoms with van der Waals surface area (Å²) in [6.45, 7) is 3.62. The fourth-order valence-corrected chi connectivity index (χ4v) is 3.46. The molecular weight excluding hydrogens is 391 g/mol. The van der Waals surface area contributed by atoms with Crippen LogP contribution >= 0.6 is 11.6 Å². The molecule has 1 N–H and O–H groups in total. The molecule has 0 saturated carbocycles. The first-order valence-electron chi connectivity index (χ1n) is 8.03. The van der Waals surface area contributed by atoms with Gasteiger partial charge in [0.25, 0.3) is 0 Å². The summed E-state index contributed by atoms with van der Waals surface area (Å²) in [7, 11) is -2.71. The number of thiol groups is 1. The van der Waals surface area contributed by atoms with Gasteiger partial charge < -0.3 is 4.74 Å². The molecule has 0 bridgehead atoms. The third-order valence-corrected chi connectivity index (χ3v) is 4.99. The molecule has 0 amide bonds. The van der Waals surface area contributed by atoms with E-state index in [1.807, 2.05) is 0 Å². The highest BCUT2D eigenvalue weighted by molar-refractivity contribution is 7.70. The maximum atomic E-state index is 14.0. The lowest BCUT2D eigenvalue weighted by Crippen LogP contribution is -2.34. The Bertz CT molecular complexity index is 1060. The summed E-state index contributed by atoms with van der Waals surface area (Å²) in [4.78, 5) is 0. The van der Waals surface area contributed by atoms with Gasteiger partial charge in [-0.05, 0) is 43.2 Å². The molecule has 1 heterocycles. The Hall–Kier alpha value is -2.40. The predicted molar refractivity (Wildman–Crippen MR) is 101 cm³/mol. The van der Waals surface area contributed by atoms with Crippen molar-refractivity contribution in [2.45, 2.75) is 26.0 Å². The van der Waals surface area contributed by atoms with Gasteiger partial charge in [0.15, 0.2) is 0 Å². The van der Waals surface area contributed by atoms with Crippen LogP contribution in [0.2, 0.25) is 5.02 Å². The van der Waals surface area contributed by atoms with Crippen molar-refractivity contribution in [3.8, 4) is 11.8 Å². The lowest BCUT2D eigenvalue weighted by atomic mass is 9.83. The van der Waals surface area contributed by atoms with Gasteiger partial charge in [0, 0.05) is 17.7 Å². The van der Waals surface area contributed by atoms with E-state index in [0.29, 0.717) is 33.6 Å². The maximum Gasteiger partial charge on any atom is 0.201 e. The highest BCUT2D eigenvalue weighted by Gasteiger charge is 2.36. The summed E-state index contributed by atoms with van der Waals surface area (Å²) in [5.41, 5.74) is 1.83. The Morgan fingerprint density at radius 3 is 2.63 bits per heavy atom. The number of hydrogen-bond donors (Lipinski definition) is 2. The first-order chi connectivity index (χ1) is 12.7. The zero-order valence-electron chi connectivity index (χ0n) is 14.5. The highest BCUT2D eigenvalue weighted by Crippen LogP contribution is 2.44. The number of hydrogen-bond acceptors (Lipinski definition) is 4. The van der Waals surface area contributed by atoms with Crippen LogP contribution in [-0.2, 0) is 17.4 Å². The van der Waals surface area contributed by atoms with E-state index in [2.05, 4.69) is 10.8 Å². The van der Waals surface area contributed by atoms with Crippen LogP contribution < -0.4 is 9.46 Å². The summed E-state index contributed by atoms with van der Waals surface area (Å²) in [5.74, 6) is -0.0883. The molecule has 2 aromatic carbocycles. The van der Waals surface area contributed by atoms with Crippen molar-refractivity contribution in [1.82, 2.24) is 4.72 Å². The Labute approximate surface area is 163 Å². The van der Waals surface area contributed by atoms with E-state index in [1.165, 1.54) is 12.1 Å².